The monoisotopic (exact) mass is 313 g/mol. The molecule has 1 aliphatic rings. The molecule has 0 saturated carbocycles. The summed E-state index contributed by atoms with van der Waals surface area (Å²) in [5.41, 5.74) is 3.00. The van der Waals surface area contributed by atoms with Crippen LogP contribution in [-0.2, 0) is 4.79 Å². The Hall–Kier alpha value is -2.47. The van der Waals surface area contributed by atoms with E-state index in [0.717, 1.165) is 11.3 Å². The maximum absolute atomic E-state index is 12.3. The zero-order valence-corrected chi connectivity index (χ0v) is 12.9. The second kappa shape index (κ2) is 5.73. The van der Waals surface area contributed by atoms with Gasteiger partial charge >= 0.3 is 0 Å². The highest BCUT2D eigenvalue weighted by Gasteiger charge is 2.30. The molecule has 0 bridgehead atoms. The Morgan fingerprint density at radius 2 is 2.09 bits per heavy atom. The van der Waals surface area contributed by atoms with E-state index in [4.69, 9.17) is 0 Å². The van der Waals surface area contributed by atoms with E-state index in [1.165, 1.54) is 11.3 Å². The lowest BCUT2D eigenvalue weighted by Gasteiger charge is -2.16. The number of rotatable bonds is 4. The Kier molecular flexibility index (Phi) is 3.77. The zero-order valence-electron chi connectivity index (χ0n) is 12.1. The molecule has 0 aliphatic carbocycles. The summed E-state index contributed by atoms with van der Waals surface area (Å²) in [6.07, 6.45) is 0.206. The van der Waals surface area contributed by atoms with Crippen molar-refractivity contribution in [3.05, 3.63) is 53.0 Å². The molecule has 1 aromatic carbocycles. The lowest BCUT2D eigenvalue weighted by Crippen LogP contribution is -2.27. The van der Waals surface area contributed by atoms with E-state index in [2.05, 4.69) is 16.9 Å². The zero-order chi connectivity index (χ0) is 15.7. The van der Waals surface area contributed by atoms with E-state index < -0.39 is 0 Å². The van der Waals surface area contributed by atoms with Gasteiger partial charge in [0.1, 0.15) is 0 Å². The Balaban J connectivity index is 1.62. The third-order valence-corrected chi connectivity index (χ3v) is 4.34. The van der Waals surface area contributed by atoms with Gasteiger partial charge < -0.3 is 10.2 Å². The topological polar surface area (TPSA) is 62.3 Å². The molecule has 1 aromatic heterocycles. The summed E-state index contributed by atoms with van der Waals surface area (Å²) in [6.45, 7) is 6.14. The summed E-state index contributed by atoms with van der Waals surface area (Å²) < 4.78 is 0. The van der Waals surface area contributed by atoms with Crippen molar-refractivity contribution in [1.82, 2.24) is 9.88 Å². The van der Waals surface area contributed by atoms with Gasteiger partial charge in [0.05, 0.1) is 5.69 Å². The molecule has 22 heavy (non-hydrogen) atoms. The van der Waals surface area contributed by atoms with Gasteiger partial charge in [0.15, 0.2) is 5.13 Å². The maximum Gasteiger partial charge on any atom is 0.258 e. The summed E-state index contributed by atoms with van der Waals surface area (Å²) in [5.74, 6) is -0.260. The van der Waals surface area contributed by atoms with Crippen molar-refractivity contribution in [2.75, 3.05) is 11.9 Å². The number of nitrogens with one attached hydrogen (secondary N) is 1. The minimum Gasteiger partial charge on any atom is -0.308 e. The average Bonchev–Trinajstić information content (AvgIpc) is 3.01. The van der Waals surface area contributed by atoms with Crippen LogP contribution in [-0.4, -0.2) is 28.2 Å². The van der Waals surface area contributed by atoms with Gasteiger partial charge in [-0.1, -0.05) is 24.8 Å². The highest BCUT2D eigenvalue weighted by Crippen LogP contribution is 2.31. The number of aryl methyl sites for hydroxylation is 1. The van der Waals surface area contributed by atoms with Crippen LogP contribution in [0.3, 0.4) is 0 Å². The van der Waals surface area contributed by atoms with Crippen LogP contribution in [0.25, 0.3) is 5.70 Å². The number of carbonyl (C=O) groups is 2. The number of carbonyl (C=O) groups excluding carboxylic acids is 2. The molecule has 6 heteroatoms. The molecule has 0 radical (unpaired) electrons. The molecule has 0 fully saturated rings. The molecule has 1 aliphatic heterocycles. The van der Waals surface area contributed by atoms with Crippen LogP contribution in [0.15, 0.2) is 36.2 Å². The van der Waals surface area contributed by atoms with Gasteiger partial charge in [-0.3, -0.25) is 9.59 Å². The summed E-state index contributed by atoms with van der Waals surface area (Å²) in [4.78, 5) is 30.0. The fraction of sp³-hybridized carbons (Fsp3) is 0.188. The third kappa shape index (κ3) is 2.65. The molecule has 5 nitrogen and oxygen atoms in total. The molecule has 1 N–H and O–H groups in total. The largest absolute Gasteiger partial charge is 0.308 e. The van der Waals surface area contributed by atoms with Crippen molar-refractivity contribution in [2.24, 2.45) is 0 Å². The first-order valence-corrected chi connectivity index (χ1v) is 7.76. The molecule has 3 rings (SSSR count). The second-order valence-electron chi connectivity index (χ2n) is 5.04. The molecule has 2 heterocycles. The predicted molar refractivity (Wildman–Crippen MR) is 86.6 cm³/mol. The van der Waals surface area contributed by atoms with Gasteiger partial charge in [-0.15, -0.1) is 11.3 Å². The first-order chi connectivity index (χ1) is 10.6. The number of benzene rings is 1. The minimum atomic E-state index is -0.161. The lowest BCUT2D eigenvalue weighted by atomic mass is 10.1. The van der Waals surface area contributed by atoms with Gasteiger partial charge in [-0.25, -0.2) is 4.98 Å². The van der Waals surface area contributed by atoms with Crippen molar-refractivity contribution < 1.29 is 9.59 Å². The van der Waals surface area contributed by atoms with Crippen LogP contribution in [0.4, 0.5) is 5.13 Å². The number of thiazole rings is 1. The van der Waals surface area contributed by atoms with Gasteiger partial charge in [0.25, 0.3) is 5.91 Å². The maximum atomic E-state index is 12.3. The molecular formula is C16H15N3O2S. The average molecular weight is 313 g/mol. The van der Waals surface area contributed by atoms with Gasteiger partial charge in [0.2, 0.25) is 5.91 Å². The number of hydrogen-bond donors (Lipinski definition) is 1. The van der Waals surface area contributed by atoms with Crippen LogP contribution in [0.2, 0.25) is 0 Å². The quantitative estimate of drug-likeness (QED) is 0.944. The van der Waals surface area contributed by atoms with Crippen molar-refractivity contribution in [3.63, 3.8) is 0 Å². The van der Waals surface area contributed by atoms with Crippen LogP contribution in [0, 0.1) is 6.92 Å². The smallest absolute Gasteiger partial charge is 0.258 e. The van der Waals surface area contributed by atoms with Gasteiger partial charge in [-0.2, -0.15) is 0 Å². The molecule has 0 saturated heterocycles. The standard InChI is InChI=1S/C16H15N3O2S/c1-10-9-22-16(17-10)18-14(20)7-8-19-11(2)12-5-3-4-6-13(12)15(19)21/h3-6,9H,2,7-8H2,1H3,(H,17,18,20). The molecule has 0 atom stereocenters. The third-order valence-electron chi connectivity index (χ3n) is 3.47. The van der Waals surface area contributed by atoms with E-state index in [-0.39, 0.29) is 18.2 Å². The number of amides is 2. The van der Waals surface area contributed by atoms with Crippen LogP contribution < -0.4 is 5.32 Å². The molecule has 0 unspecified atom stereocenters. The lowest BCUT2D eigenvalue weighted by molar-refractivity contribution is -0.116. The summed E-state index contributed by atoms with van der Waals surface area (Å²) in [6, 6.07) is 7.35. The first-order valence-electron chi connectivity index (χ1n) is 6.88. The molecule has 2 amide bonds. The number of nitrogens with zero attached hydrogens (tertiary/aromatic N) is 2. The predicted octanol–water partition coefficient (Wildman–Crippen LogP) is 2.91. The molecule has 112 valence electrons. The number of aromatic nitrogens is 1. The molecule has 2 aromatic rings. The minimum absolute atomic E-state index is 0.0986. The van der Waals surface area contributed by atoms with Crippen LogP contribution in [0.5, 0.6) is 0 Å². The van der Waals surface area contributed by atoms with Gasteiger partial charge in [-0.05, 0) is 13.0 Å². The Morgan fingerprint density at radius 1 is 1.36 bits per heavy atom. The molecule has 0 spiro atoms. The number of fused-ring (bicyclic) bond motifs is 1. The van der Waals surface area contributed by atoms with E-state index >= 15 is 0 Å². The summed E-state index contributed by atoms with van der Waals surface area (Å²) in [5, 5.41) is 5.19. The second-order valence-corrected chi connectivity index (χ2v) is 5.90. The fourth-order valence-corrected chi connectivity index (χ4v) is 3.08. The number of anilines is 1. The van der Waals surface area contributed by atoms with Crippen LogP contribution >= 0.6 is 11.3 Å². The normalized spacial score (nSPS) is 13.4. The van der Waals surface area contributed by atoms with E-state index in [9.17, 15) is 9.59 Å². The number of hydrogen-bond acceptors (Lipinski definition) is 4. The Bertz CT molecular complexity index is 731. The van der Waals surface area contributed by atoms with Crippen molar-refractivity contribution in [2.45, 2.75) is 13.3 Å². The Labute approximate surface area is 132 Å². The SMILES string of the molecule is C=C1c2ccccc2C(=O)N1CCC(=O)Nc1nc(C)cs1. The van der Waals surface area contributed by atoms with Crippen molar-refractivity contribution >= 4 is 34.0 Å². The fourth-order valence-electron chi connectivity index (χ4n) is 2.38. The Morgan fingerprint density at radius 3 is 2.73 bits per heavy atom. The highest BCUT2D eigenvalue weighted by atomic mass is 32.1. The summed E-state index contributed by atoms with van der Waals surface area (Å²) in [7, 11) is 0. The first kappa shape index (κ1) is 14.5. The van der Waals surface area contributed by atoms with E-state index in [1.807, 2.05) is 30.5 Å². The van der Waals surface area contributed by atoms with Crippen molar-refractivity contribution in [1.29, 1.82) is 0 Å². The highest BCUT2D eigenvalue weighted by molar-refractivity contribution is 7.13. The summed E-state index contributed by atoms with van der Waals surface area (Å²) >= 11 is 1.39. The van der Waals surface area contributed by atoms with Crippen molar-refractivity contribution in [3.8, 4) is 0 Å². The molecular weight excluding hydrogens is 298 g/mol. The van der Waals surface area contributed by atoms with Gasteiger partial charge in [0, 0.05) is 35.2 Å². The van der Waals surface area contributed by atoms with E-state index in [1.54, 1.807) is 11.0 Å². The van der Waals surface area contributed by atoms with Crippen LogP contribution in [0.1, 0.15) is 28.0 Å². The van der Waals surface area contributed by atoms with E-state index in [0.29, 0.717) is 22.9 Å².